The molecule has 3 aromatic rings. The monoisotopic (exact) mass is 283 g/mol. The molecule has 2 aromatic heterocycles. The van der Waals surface area contributed by atoms with Crippen LogP contribution < -0.4 is 5.69 Å². The molecule has 3 heterocycles. The van der Waals surface area contributed by atoms with Crippen molar-refractivity contribution in [2.24, 2.45) is 0 Å². The van der Waals surface area contributed by atoms with Crippen LogP contribution in [0.25, 0.3) is 5.65 Å². The summed E-state index contributed by atoms with van der Waals surface area (Å²) in [7, 11) is 0. The van der Waals surface area contributed by atoms with E-state index in [1.54, 1.807) is 15.3 Å². The van der Waals surface area contributed by atoms with Crippen molar-refractivity contribution in [3.63, 3.8) is 0 Å². The highest BCUT2D eigenvalue weighted by Crippen LogP contribution is 2.37. The summed E-state index contributed by atoms with van der Waals surface area (Å²) in [6, 6.07) is 14.0. The zero-order valence-corrected chi connectivity index (χ0v) is 11.6. The molecule has 100 valence electrons. The molecule has 0 amide bonds. The molecule has 0 saturated carbocycles. The van der Waals surface area contributed by atoms with Gasteiger partial charge in [-0.05, 0) is 30.2 Å². The van der Waals surface area contributed by atoms with Crippen molar-refractivity contribution in [2.75, 3.05) is 0 Å². The Bertz CT molecular complexity index is 811. The summed E-state index contributed by atoms with van der Waals surface area (Å²) < 4.78 is 3.17. The first kappa shape index (κ1) is 11.8. The summed E-state index contributed by atoms with van der Waals surface area (Å²) in [5.41, 5.74) is 2.02. The van der Waals surface area contributed by atoms with Crippen LogP contribution in [-0.4, -0.2) is 19.4 Å². The summed E-state index contributed by atoms with van der Waals surface area (Å²) in [6.45, 7) is 0.653. The van der Waals surface area contributed by atoms with Gasteiger partial charge in [-0.1, -0.05) is 24.3 Å². The quantitative estimate of drug-likeness (QED) is 0.724. The first-order chi connectivity index (χ1) is 9.81. The molecule has 4 rings (SSSR count). The average molecular weight is 283 g/mol. The Morgan fingerprint density at radius 1 is 1.20 bits per heavy atom. The zero-order chi connectivity index (χ0) is 13.5. The Morgan fingerprint density at radius 2 is 2.05 bits per heavy atom. The zero-order valence-electron chi connectivity index (χ0n) is 10.8. The summed E-state index contributed by atoms with van der Waals surface area (Å²) >= 11 is 1.84. The minimum atomic E-state index is -0.0582. The third-order valence-corrected chi connectivity index (χ3v) is 4.88. The maximum atomic E-state index is 12.2. The summed E-state index contributed by atoms with van der Waals surface area (Å²) in [4.78, 5) is 13.6. The van der Waals surface area contributed by atoms with Gasteiger partial charge in [0.2, 0.25) is 0 Å². The fourth-order valence-corrected chi connectivity index (χ4v) is 3.93. The second kappa shape index (κ2) is 4.52. The topological polar surface area (TPSA) is 39.3 Å². The molecule has 5 heteroatoms. The van der Waals surface area contributed by atoms with Gasteiger partial charge in [0, 0.05) is 16.3 Å². The SMILES string of the molecule is O=c1n(CC2Cc3ccccc3S2)nc2ccccn12. The van der Waals surface area contributed by atoms with Crippen LogP contribution in [0.2, 0.25) is 0 Å². The van der Waals surface area contributed by atoms with Crippen molar-refractivity contribution < 1.29 is 0 Å². The van der Waals surface area contributed by atoms with E-state index >= 15 is 0 Å². The summed E-state index contributed by atoms with van der Waals surface area (Å²) in [6.07, 6.45) is 2.76. The van der Waals surface area contributed by atoms with Gasteiger partial charge in [0.25, 0.3) is 0 Å². The standard InChI is InChI=1S/C15H13N3OS/c19-15-17-8-4-3-7-14(17)16-18(15)10-12-9-11-5-1-2-6-13(11)20-12/h1-8,12H,9-10H2. The van der Waals surface area contributed by atoms with E-state index in [1.165, 1.54) is 10.5 Å². The second-order valence-electron chi connectivity index (χ2n) is 4.95. The van der Waals surface area contributed by atoms with Crippen LogP contribution in [-0.2, 0) is 13.0 Å². The Hall–Kier alpha value is -2.01. The number of aromatic nitrogens is 3. The predicted octanol–water partition coefficient (Wildman–Crippen LogP) is 2.21. The molecule has 0 radical (unpaired) electrons. The number of thioether (sulfide) groups is 1. The third kappa shape index (κ3) is 1.86. The van der Waals surface area contributed by atoms with E-state index in [0.29, 0.717) is 17.4 Å². The van der Waals surface area contributed by atoms with Crippen molar-refractivity contribution >= 4 is 17.4 Å². The maximum Gasteiger partial charge on any atom is 0.350 e. The molecule has 0 spiro atoms. The molecule has 1 aliphatic rings. The van der Waals surface area contributed by atoms with Gasteiger partial charge in [0.15, 0.2) is 5.65 Å². The number of pyridine rings is 1. The maximum absolute atomic E-state index is 12.2. The number of nitrogens with zero attached hydrogens (tertiary/aromatic N) is 3. The molecule has 1 aliphatic heterocycles. The highest BCUT2D eigenvalue weighted by Gasteiger charge is 2.23. The molecule has 0 fully saturated rings. The molecule has 0 N–H and O–H groups in total. The summed E-state index contributed by atoms with van der Waals surface area (Å²) in [5.74, 6) is 0. The second-order valence-corrected chi connectivity index (χ2v) is 6.29. The lowest BCUT2D eigenvalue weighted by Gasteiger charge is -2.06. The Morgan fingerprint density at radius 3 is 2.90 bits per heavy atom. The Balaban J connectivity index is 1.64. The number of hydrogen-bond acceptors (Lipinski definition) is 3. The van der Waals surface area contributed by atoms with Crippen LogP contribution in [0.15, 0.2) is 58.4 Å². The first-order valence-corrected chi connectivity index (χ1v) is 7.48. The van der Waals surface area contributed by atoms with Crippen LogP contribution in [0.1, 0.15) is 5.56 Å². The largest absolute Gasteiger partial charge is 0.350 e. The van der Waals surface area contributed by atoms with Gasteiger partial charge < -0.3 is 0 Å². The molecule has 0 aliphatic carbocycles. The van der Waals surface area contributed by atoms with Crippen LogP contribution >= 0.6 is 11.8 Å². The van der Waals surface area contributed by atoms with Gasteiger partial charge >= 0.3 is 5.69 Å². The molecule has 0 saturated heterocycles. The van der Waals surface area contributed by atoms with Crippen LogP contribution in [0.4, 0.5) is 0 Å². The normalized spacial score (nSPS) is 17.5. The van der Waals surface area contributed by atoms with E-state index in [4.69, 9.17) is 0 Å². The molecule has 1 unspecified atom stereocenters. The Labute approximate surface area is 120 Å². The van der Waals surface area contributed by atoms with E-state index in [0.717, 1.165) is 6.42 Å². The number of hydrogen-bond donors (Lipinski definition) is 0. The molecular weight excluding hydrogens is 270 g/mol. The predicted molar refractivity (Wildman–Crippen MR) is 79.2 cm³/mol. The lowest BCUT2D eigenvalue weighted by molar-refractivity contribution is 0.575. The highest BCUT2D eigenvalue weighted by molar-refractivity contribution is 8.00. The van der Waals surface area contributed by atoms with Crippen molar-refractivity contribution in [2.45, 2.75) is 23.1 Å². The summed E-state index contributed by atoms with van der Waals surface area (Å²) in [5, 5.41) is 4.78. The van der Waals surface area contributed by atoms with Crippen LogP contribution in [0, 0.1) is 0 Å². The highest BCUT2D eigenvalue weighted by atomic mass is 32.2. The van der Waals surface area contributed by atoms with Gasteiger partial charge in [0.1, 0.15) is 0 Å². The van der Waals surface area contributed by atoms with E-state index in [9.17, 15) is 4.79 Å². The fraction of sp³-hybridized carbons (Fsp3) is 0.200. The first-order valence-electron chi connectivity index (χ1n) is 6.60. The van der Waals surface area contributed by atoms with Gasteiger partial charge in [-0.3, -0.25) is 4.40 Å². The molecule has 20 heavy (non-hydrogen) atoms. The van der Waals surface area contributed by atoms with E-state index < -0.39 is 0 Å². The minimum Gasteiger partial charge on any atom is -0.250 e. The number of rotatable bonds is 2. The molecule has 1 atom stereocenters. The van der Waals surface area contributed by atoms with E-state index in [-0.39, 0.29) is 5.69 Å². The lowest BCUT2D eigenvalue weighted by Crippen LogP contribution is -2.25. The molecule has 0 bridgehead atoms. The minimum absolute atomic E-state index is 0.0582. The van der Waals surface area contributed by atoms with Gasteiger partial charge in [0.05, 0.1) is 6.54 Å². The molecule has 1 aromatic carbocycles. The Kier molecular flexibility index (Phi) is 2.67. The molecular formula is C15H13N3OS. The van der Waals surface area contributed by atoms with E-state index in [2.05, 4.69) is 29.4 Å². The van der Waals surface area contributed by atoms with Crippen molar-refractivity contribution in [1.82, 2.24) is 14.2 Å². The van der Waals surface area contributed by atoms with Gasteiger partial charge in [-0.25, -0.2) is 9.48 Å². The lowest BCUT2D eigenvalue weighted by atomic mass is 10.1. The van der Waals surface area contributed by atoms with E-state index in [1.807, 2.05) is 30.0 Å². The number of fused-ring (bicyclic) bond motifs is 2. The van der Waals surface area contributed by atoms with Gasteiger partial charge in [-0.2, -0.15) is 0 Å². The van der Waals surface area contributed by atoms with Crippen LogP contribution in [0.5, 0.6) is 0 Å². The van der Waals surface area contributed by atoms with Crippen molar-refractivity contribution in [3.8, 4) is 0 Å². The van der Waals surface area contributed by atoms with Crippen LogP contribution in [0.3, 0.4) is 0 Å². The average Bonchev–Trinajstić information content (AvgIpc) is 3.01. The smallest absolute Gasteiger partial charge is 0.250 e. The molecule has 4 nitrogen and oxygen atoms in total. The van der Waals surface area contributed by atoms with Crippen molar-refractivity contribution in [3.05, 3.63) is 64.7 Å². The van der Waals surface area contributed by atoms with Crippen molar-refractivity contribution in [1.29, 1.82) is 0 Å². The third-order valence-electron chi connectivity index (χ3n) is 3.58. The number of benzene rings is 1. The fourth-order valence-electron chi connectivity index (χ4n) is 2.64. The van der Waals surface area contributed by atoms with Gasteiger partial charge in [-0.15, -0.1) is 16.9 Å².